The van der Waals surface area contributed by atoms with E-state index in [0.29, 0.717) is 24.1 Å². The first-order valence-electron chi connectivity index (χ1n) is 6.16. The van der Waals surface area contributed by atoms with Crippen LogP contribution in [0.15, 0.2) is 24.5 Å². The Morgan fingerprint density at radius 1 is 1.21 bits per heavy atom. The number of halogens is 1. The van der Waals surface area contributed by atoms with Gasteiger partial charge < -0.3 is 10.2 Å². The van der Waals surface area contributed by atoms with Gasteiger partial charge in [0.2, 0.25) is 0 Å². The number of nitrogens with zero attached hydrogens (tertiary/aromatic N) is 3. The zero-order valence-electron chi connectivity index (χ0n) is 10.3. The summed E-state index contributed by atoms with van der Waals surface area (Å²) in [7, 11) is 0. The van der Waals surface area contributed by atoms with Gasteiger partial charge in [-0.3, -0.25) is 14.8 Å². The number of amides is 1. The number of hydrogen-bond acceptors (Lipinski definition) is 4. The number of rotatable bonds is 1. The van der Waals surface area contributed by atoms with Crippen molar-refractivity contribution < 1.29 is 9.18 Å². The fourth-order valence-electron chi connectivity index (χ4n) is 2.24. The number of carbonyl (C=O) groups is 1. The molecule has 0 atom stereocenters. The summed E-state index contributed by atoms with van der Waals surface area (Å²) in [4.78, 5) is 22.3. The number of benzene rings is 1. The highest BCUT2D eigenvalue weighted by molar-refractivity contribution is 6.04. The summed E-state index contributed by atoms with van der Waals surface area (Å²) in [5.74, 6) is -0.655. The van der Waals surface area contributed by atoms with Crippen LogP contribution in [0.3, 0.4) is 0 Å². The second-order valence-corrected chi connectivity index (χ2v) is 4.42. The Labute approximate surface area is 109 Å². The molecule has 0 saturated carbocycles. The SMILES string of the molecule is O=C(c1cc(F)cc2nccnc12)N1CCNCC1. The number of hydrogen-bond donors (Lipinski definition) is 1. The summed E-state index contributed by atoms with van der Waals surface area (Å²) in [6, 6.07) is 2.53. The molecule has 2 heterocycles. The van der Waals surface area contributed by atoms with Crippen LogP contribution in [-0.2, 0) is 0 Å². The number of aromatic nitrogens is 2. The maximum Gasteiger partial charge on any atom is 0.256 e. The van der Waals surface area contributed by atoms with Gasteiger partial charge in [0.15, 0.2) is 0 Å². The minimum absolute atomic E-state index is 0.188. The third-order valence-electron chi connectivity index (χ3n) is 3.17. The maximum absolute atomic E-state index is 13.6. The fourth-order valence-corrected chi connectivity index (χ4v) is 2.24. The molecule has 2 aromatic rings. The molecule has 1 fully saturated rings. The third-order valence-corrected chi connectivity index (χ3v) is 3.17. The Kier molecular flexibility index (Phi) is 3.08. The van der Waals surface area contributed by atoms with E-state index in [4.69, 9.17) is 0 Å². The predicted octanol–water partition coefficient (Wildman–Crippen LogP) is 0.814. The Morgan fingerprint density at radius 2 is 1.95 bits per heavy atom. The van der Waals surface area contributed by atoms with Crippen molar-refractivity contribution in [3.8, 4) is 0 Å². The summed E-state index contributed by atoms with van der Waals surface area (Å²) < 4.78 is 13.6. The van der Waals surface area contributed by atoms with Gasteiger partial charge in [-0.05, 0) is 6.07 Å². The highest BCUT2D eigenvalue weighted by Crippen LogP contribution is 2.18. The molecular weight excluding hydrogens is 247 g/mol. The second-order valence-electron chi connectivity index (χ2n) is 4.42. The third kappa shape index (κ3) is 2.26. The van der Waals surface area contributed by atoms with Crippen molar-refractivity contribution in [2.24, 2.45) is 0 Å². The molecule has 5 nitrogen and oxygen atoms in total. The van der Waals surface area contributed by atoms with Crippen LogP contribution >= 0.6 is 0 Å². The zero-order valence-corrected chi connectivity index (χ0v) is 10.3. The van der Waals surface area contributed by atoms with Crippen LogP contribution in [0.5, 0.6) is 0 Å². The maximum atomic E-state index is 13.6. The Balaban J connectivity index is 2.05. The van der Waals surface area contributed by atoms with E-state index in [2.05, 4.69) is 15.3 Å². The predicted molar refractivity (Wildman–Crippen MR) is 68.3 cm³/mol. The molecule has 6 heteroatoms. The standard InChI is InChI=1S/C13H13FN4O/c14-9-7-10(12-11(8-9)16-1-2-17-12)13(19)18-5-3-15-4-6-18/h1-2,7-8,15H,3-6H2. The van der Waals surface area contributed by atoms with Crippen molar-refractivity contribution in [1.82, 2.24) is 20.2 Å². The van der Waals surface area contributed by atoms with Gasteiger partial charge >= 0.3 is 0 Å². The van der Waals surface area contributed by atoms with Gasteiger partial charge in [0.25, 0.3) is 5.91 Å². The van der Waals surface area contributed by atoms with Crippen LogP contribution in [-0.4, -0.2) is 47.0 Å². The average Bonchev–Trinajstić information content (AvgIpc) is 2.46. The molecule has 0 radical (unpaired) electrons. The monoisotopic (exact) mass is 260 g/mol. The van der Waals surface area contributed by atoms with E-state index in [0.717, 1.165) is 13.1 Å². The van der Waals surface area contributed by atoms with Crippen molar-refractivity contribution in [2.75, 3.05) is 26.2 Å². The number of fused-ring (bicyclic) bond motifs is 1. The van der Waals surface area contributed by atoms with Gasteiger partial charge in [0, 0.05) is 44.6 Å². The van der Waals surface area contributed by atoms with E-state index < -0.39 is 5.82 Å². The molecule has 1 amide bonds. The molecule has 1 aromatic carbocycles. The Hall–Kier alpha value is -2.08. The zero-order chi connectivity index (χ0) is 13.2. The molecule has 0 aliphatic carbocycles. The number of nitrogens with one attached hydrogen (secondary N) is 1. The molecule has 3 rings (SSSR count). The first-order chi connectivity index (χ1) is 9.25. The Morgan fingerprint density at radius 3 is 2.74 bits per heavy atom. The van der Waals surface area contributed by atoms with Gasteiger partial charge in [-0.1, -0.05) is 0 Å². The highest BCUT2D eigenvalue weighted by atomic mass is 19.1. The molecule has 19 heavy (non-hydrogen) atoms. The molecule has 0 spiro atoms. The van der Waals surface area contributed by atoms with E-state index in [9.17, 15) is 9.18 Å². The van der Waals surface area contributed by atoms with E-state index in [1.54, 1.807) is 4.90 Å². The molecule has 0 bridgehead atoms. The Bertz CT molecular complexity index is 625. The lowest BCUT2D eigenvalue weighted by atomic mass is 10.1. The van der Waals surface area contributed by atoms with Crippen LogP contribution in [0.1, 0.15) is 10.4 Å². The number of piperazine rings is 1. The van der Waals surface area contributed by atoms with Gasteiger partial charge in [-0.2, -0.15) is 0 Å². The largest absolute Gasteiger partial charge is 0.336 e. The van der Waals surface area contributed by atoms with Crippen LogP contribution in [0.25, 0.3) is 11.0 Å². The number of carbonyl (C=O) groups excluding carboxylic acids is 1. The van der Waals surface area contributed by atoms with Crippen molar-refractivity contribution in [2.45, 2.75) is 0 Å². The first-order valence-corrected chi connectivity index (χ1v) is 6.16. The lowest BCUT2D eigenvalue weighted by Crippen LogP contribution is -2.46. The van der Waals surface area contributed by atoms with Crippen molar-refractivity contribution in [3.63, 3.8) is 0 Å². The molecule has 1 N–H and O–H groups in total. The summed E-state index contributed by atoms with van der Waals surface area (Å²) in [5, 5.41) is 3.17. The van der Waals surface area contributed by atoms with Crippen LogP contribution in [0, 0.1) is 5.82 Å². The summed E-state index contributed by atoms with van der Waals surface area (Å²) in [6.45, 7) is 2.75. The first kappa shape index (κ1) is 12.0. The molecule has 1 saturated heterocycles. The molecule has 1 aliphatic rings. The minimum Gasteiger partial charge on any atom is -0.336 e. The summed E-state index contributed by atoms with van der Waals surface area (Å²) in [5.41, 5.74) is 1.14. The molecule has 1 aliphatic heterocycles. The lowest BCUT2D eigenvalue weighted by molar-refractivity contribution is 0.0737. The van der Waals surface area contributed by atoms with Gasteiger partial charge in [0.05, 0.1) is 11.1 Å². The molecule has 98 valence electrons. The molecule has 0 unspecified atom stereocenters. The van der Waals surface area contributed by atoms with E-state index >= 15 is 0 Å². The summed E-state index contributed by atoms with van der Waals surface area (Å²) >= 11 is 0. The van der Waals surface area contributed by atoms with Crippen LogP contribution in [0.4, 0.5) is 4.39 Å². The van der Waals surface area contributed by atoms with Gasteiger partial charge in [-0.15, -0.1) is 0 Å². The van der Waals surface area contributed by atoms with Crippen molar-refractivity contribution >= 4 is 16.9 Å². The van der Waals surface area contributed by atoms with E-state index in [1.807, 2.05) is 0 Å². The fraction of sp³-hybridized carbons (Fsp3) is 0.308. The van der Waals surface area contributed by atoms with Crippen LogP contribution < -0.4 is 5.32 Å². The van der Waals surface area contributed by atoms with Crippen molar-refractivity contribution in [3.05, 3.63) is 35.9 Å². The minimum atomic E-state index is -0.466. The van der Waals surface area contributed by atoms with Crippen molar-refractivity contribution in [1.29, 1.82) is 0 Å². The smallest absolute Gasteiger partial charge is 0.256 e. The van der Waals surface area contributed by atoms with E-state index in [1.165, 1.54) is 24.5 Å². The topological polar surface area (TPSA) is 58.1 Å². The highest BCUT2D eigenvalue weighted by Gasteiger charge is 2.21. The van der Waals surface area contributed by atoms with Gasteiger partial charge in [0.1, 0.15) is 11.3 Å². The average molecular weight is 260 g/mol. The molecule has 1 aromatic heterocycles. The van der Waals surface area contributed by atoms with Gasteiger partial charge in [-0.25, -0.2) is 4.39 Å². The normalized spacial score (nSPS) is 15.7. The van der Waals surface area contributed by atoms with E-state index in [-0.39, 0.29) is 11.5 Å². The summed E-state index contributed by atoms with van der Waals surface area (Å²) in [6.07, 6.45) is 3.00. The van der Waals surface area contributed by atoms with Crippen LogP contribution in [0.2, 0.25) is 0 Å². The quantitative estimate of drug-likeness (QED) is 0.824. The second kappa shape index (κ2) is 4.89. The molecular formula is C13H13FN4O. The lowest BCUT2D eigenvalue weighted by Gasteiger charge is -2.27.